The minimum absolute atomic E-state index is 0.252. The number of halogens is 3. The number of carbonyl (C=O) groups excluding carboxylic acids is 2. The van der Waals surface area contributed by atoms with Gasteiger partial charge in [-0.1, -0.05) is 12.1 Å². The van der Waals surface area contributed by atoms with Crippen molar-refractivity contribution in [1.82, 2.24) is 5.32 Å². The molecule has 1 atom stereocenters. The Labute approximate surface area is 164 Å². The first-order valence-corrected chi connectivity index (χ1v) is 8.63. The van der Waals surface area contributed by atoms with Crippen LogP contribution in [0.3, 0.4) is 0 Å². The second-order valence-electron chi connectivity index (χ2n) is 6.41. The number of nitrogens with two attached hydrogens (primary N) is 1. The Balaban J connectivity index is 1.85. The van der Waals surface area contributed by atoms with Crippen molar-refractivity contribution in [2.75, 3.05) is 0 Å². The molecule has 0 spiro atoms. The molecule has 0 aliphatic rings. The summed E-state index contributed by atoms with van der Waals surface area (Å²) in [6.07, 6.45) is -4.42. The van der Waals surface area contributed by atoms with Crippen LogP contribution in [-0.4, -0.2) is 17.9 Å². The standard InChI is InChI=1S/C21H17F3N2O3/c1-12(19(25)27)26-20(28)14-5-10-17-13(11-14)3-2-4-18(17)29-16-8-6-15(7-9-16)21(22,23)24/h2-12H,1H3,(H2,25,27)(H,26,28)/t12-/m0/s1. The van der Waals surface area contributed by atoms with Crippen molar-refractivity contribution >= 4 is 22.6 Å². The van der Waals surface area contributed by atoms with Gasteiger partial charge in [-0.2, -0.15) is 13.2 Å². The van der Waals surface area contributed by atoms with Crippen molar-refractivity contribution in [1.29, 1.82) is 0 Å². The number of fused-ring (bicyclic) bond motifs is 1. The molecule has 0 saturated heterocycles. The van der Waals surface area contributed by atoms with Gasteiger partial charge in [-0.3, -0.25) is 9.59 Å². The van der Waals surface area contributed by atoms with Crippen LogP contribution in [0, 0.1) is 0 Å². The zero-order valence-corrected chi connectivity index (χ0v) is 15.3. The monoisotopic (exact) mass is 402 g/mol. The van der Waals surface area contributed by atoms with E-state index in [2.05, 4.69) is 5.32 Å². The lowest BCUT2D eigenvalue weighted by molar-refractivity contribution is -0.137. The van der Waals surface area contributed by atoms with Gasteiger partial charge < -0.3 is 15.8 Å². The van der Waals surface area contributed by atoms with E-state index in [1.165, 1.54) is 19.1 Å². The van der Waals surface area contributed by atoms with E-state index >= 15 is 0 Å². The summed E-state index contributed by atoms with van der Waals surface area (Å²) in [4.78, 5) is 23.4. The van der Waals surface area contributed by atoms with E-state index in [1.807, 2.05) is 0 Å². The van der Waals surface area contributed by atoms with E-state index in [0.717, 1.165) is 12.1 Å². The van der Waals surface area contributed by atoms with Crippen molar-refractivity contribution in [2.45, 2.75) is 19.1 Å². The van der Waals surface area contributed by atoms with Crippen LogP contribution in [0.25, 0.3) is 10.8 Å². The van der Waals surface area contributed by atoms with Gasteiger partial charge in [0.1, 0.15) is 17.5 Å². The molecule has 2 amide bonds. The lowest BCUT2D eigenvalue weighted by Crippen LogP contribution is -2.42. The number of primary amides is 1. The number of ether oxygens (including phenoxy) is 1. The maximum atomic E-state index is 12.7. The van der Waals surface area contributed by atoms with E-state index in [9.17, 15) is 22.8 Å². The molecule has 3 aromatic carbocycles. The Morgan fingerprint density at radius 2 is 1.72 bits per heavy atom. The highest BCUT2D eigenvalue weighted by Crippen LogP contribution is 2.33. The Bertz CT molecular complexity index is 1060. The van der Waals surface area contributed by atoms with E-state index in [4.69, 9.17) is 10.5 Å². The third-order valence-electron chi connectivity index (χ3n) is 4.29. The third kappa shape index (κ3) is 4.66. The van der Waals surface area contributed by atoms with E-state index in [1.54, 1.807) is 36.4 Å². The number of alkyl halides is 3. The summed E-state index contributed by atoms with van der Waals surface area (Å²) in [5, 5.41) is 3.86. The van der Waals surface area contributed by atoms with Gasteiger partial charge in [0.2, 0.25) is 5.91 Å². The summed E-state index contributed by atoms with van der Waals surface area (Å²) in [7, 11) is 0. The number of hydrogen-bond acceptors (Lipinski definition) is 3. The van der Waals surface area contributed by atoms with Gasteiger partial charge in [0, 0.05) is 10.9 Å². The molecular weight excluding hydrogens is 385 g/mol. The molecule has 0 fully saturated rings. The first kappa shape index (κ1) is 20.2. The van der Waals surface area contributed by atoms with Crippen molar-refractivity contribution < 1.29 is 27.5 Å². The number of amides is 2. The molecule has 150 valence electrons. The number of rotatable bonds is 5. The summed E-state index contributed by atoms with van der Waals surface area (Å²) >= 11 is 0. The first-order valence-electron chi connectivity index (χ1n) is 8.63. The predicted octanol–water partition coefficient (Wildman–Crippen LogP) is 4.25. The van der Waals surface area contributed by atoms with Gasteiger partial charge in [-0.15, -0.1) is 0 Å². The zero-order valence-electron chi connectivity index (χ0n) is 15.3. The molecule has 0 aliphatic heterocycles. The largest absolute Gasteiger partial charge is 0.457 e. The summed E-state index contributed by atoms with van der Waals surface area (Å²) < 4.78 is 43.8. The number of benzene rings is 3. The average molecular weight is 402 g/mol. The van der Waals surface area contributed by atoms with Crippen molar-refractivity contribution in [2.24, 2.45) is 5.73 Å². The first-order chi connectivity index (χ1) is 13.6. The van der Waals surface area contributed by atoms with Crippen molar-refractivity contribution in [3.63, 3.8) is 0 Å². The van der Waals surface area contributed by atoms with Gasteiger partial charge in [-0.25, -0.2) is 0 Å². The summed E-state index contributed by atoms with van der Waals surface area (Å²) in [5.74, 6) is -0.416. The highest BCUT2D eigenvalue weighted by molar-refractivity contribution is 6.01. The van der Waals surface area contributed by atoms with Crippen LogP contribution < -0.4 is 15.8 Å². The second kappa shape index (κ2) is 7.83. The lowest BCUT2D eigenvalue weighted by Gasteiger charge is -2.13. The Kier molecular flexibility index (Phi) is 5.45. The molecule has 0 radical (unpaired) electrons. The van der Waals surface area contributed by atoms with E-state index in [0.29, 0.717) is 22.1 Å². The third-order valence-corrected chi connectivity index (χ3v) is 4.29. The zero-order chi connectivity index (χ0) is 21.2. The fraction of sp³-hybridized carbons (Fsp3) is 0.143. The molecule has 0 unspecified atom stereocenters. The molecular formula is C21H17F3N2O3. The maximum absolute atomic E-state index is 12.7. The normalized spacial score (nSPS) is 12.4. The molecule has 3 N–H and O–H groups in total. The van der Waals surface area contributed by atoms with E-state index in [-0.39, 0.29) is 5.75 Å². The molecule has 5 nitrogen and oxygen atoms in total. The van der Waals surface area contributed by atoms with Crippen LogP contribution >= 0.6 is 0 Å². The highest BCUT2D eigenvalue weighted by Gasteiger charge is 2.30. The summed E-state index contributed by atoms with van der Waals surface area (Å²) in [6, 6.07) is 13.6. The maximum Gasteiger partial charge on any atom is 0.416 e. The Hall–Kier alpha value is -3.55. The van der Waals surface area contributed by atoms with Crippen molar-refractivity contribution in [3.05, 3.63) is 71.8 Å². The quantitative estimate of drug-likeness (QED) is 0.669. The fourth-order valence-electron chi connectivity index (χ4n) is 2.67. The molecule has 0 bridgehead atoms. The van der Waals surface area contributed by atoms with Gasteiger partial charge in [-0.05, 0) is 60.8 Å². The van der Waals surface area contributed by atoms with Gasteiger partial charge in [0.15, 0.2) is 0 Å². The SMILES string of the molecule is C[C@H](NC(=O)c1ccc2c(Oc3ccc(C(F)(F)F)cc3)cccc2c1)C(N)=O. The number of carbonyl (C=O) groups is 2. The number of hydrogen-bond donors (Lipinski definition) is 2. The minimum Gasteiger partial charge on any atom is -0.457 e. The lowest BCUT2D eigenvalue weighted by atomic mass is 10.1. The summed E-state index contributed by atoms with van der Waals surface area (Å²) in [5.41, 5.74) is 4.72. The average Bonchev–Trinajstić information content (AvgIpc) is 2.67. The Morgan fingerprint density at radius 3 is 2.34 bits per heavy atom. The van der Waals surface area contributed by atoms with E-state index < -0.39 is 29.6 Å². The smallest absolute Gasteiger partial charge is 0.416 e. The van der Waals surface area contributed by atoms with Crippen LogP contribution in [-0.2, 0) is 11.0 Å². The van der Waals surface area contributed by atoms with Crippen LogP contribution in [0.15, 0.2) is 60.7 Å². The van der Waals surface area contributed by atoms with Crippen LogP contribution in [0.1, 0.15) is 22.8 Å². The molecule has 0 aliphatic carbocycles. The van der Waals surface area contributed by atoms with Crippen LogP contribution in [0.5, 0.6) is 11.5 Å². The highest BCUT2D eigenvalue weighted by atomic mass is 19.4. The molecule has 0 saturated carbocycles. The Morgan fingerprint density at radius 1 is 1.03 bits per heavy atom. The summed E-state index contributed by atoms with van der Waals surface area (Å²) in [6.45, 7) is 1.48. The fourth-order valence-corrected chi connectivity index (χ4v) is 2.67. The van der Waals surface area contributed by atoms with Crippen LogP contribution in [0.2, 0.25) is 0 Å². The molecule has 3 rings (SSSR count). The van der Waals surface area contributed by atoms with Gasteiger partial charge >= 0.3 is 6.18 Å². The van der Waals surface area contributed by atoms with Gasteiger partial charge in [0.25, 0.3) is 5.91 Å². The number of nitrogens with one attached hydrogen (secondary N) is 1. The topological polar surface area (TPSA) is 81.4 Å². The molecule has 3 aromatic rings. The molecule has 0 heterocycles. The molecule has 0 aromatic heterocycles. The van der Waals surface area contributed by atoms with Crippen molar-refractivity contribution in [3.8, 4) is 11.5 Å². The minimum atomic E-state index is -4.42. The van der Waals surface area contributed by atoms with Gasteiger partial charge in [0.05, 0.1) is 5.56 Å². The second-order valence-corrected chi connectivity index (χ2v) is 6.41. The van der Waals surface area contributed by atoms with Crippen LogP contribution in [0.4, 0.5) is 13.2 Å². The predicted molar refractivity (Wildman–Crippen MR) is 102 cm³/mol. The molecule has 29 heavy (non-hydrogen) atoms. The molecule has 8 heteroatoms.